The summed E-state index contributed by atoms with van der Waals surface area (Å²) >= 11 is 0. The molecular formula is C49H41N3O7. The van der Waals surface area contributed by atoms with Crippen LogP contribution < -0.4 is 14.2 Å². The van der Waals surface area contributed by atoms with Crippen molar-refractivity contribution in [2.45, 2.75) is 38.6 Å². The van der Waals surface area contributed by atoms with Gasteiger partial charge in [-0.15, -0.1) is 0 Å². The Morgan fingerprint density at radius 2 is 1.49 bits per heavy atom. The van der Waals surface area contributed by atoms with Crippen LogP contribution in [-0.4, -0.2) is 46.2 Å². The summed E-state index contributed by atoms with van der Waals surface area (Å²) in [5, 5.41) is 1.82. The van der Waals surface area contributed by atoms with Gasteiger partial charge in [-0.2, -0.15) is 0 Å². The van der Waals surface area contributed by atoms with E-state index in [0.29, 0.717) is 53.1 Å². The first-order valence-electron chi connectivity index (χ1n) is 19.5. The lowest BCUT2D eigenvalue weighted by atomic mass is 10.0. The van der Waals surface area contributed by atoms with Gasteiger partial charge in [0.2, 0.25) is 12.0 Å². The van der Waals surface area contributed by atoms with E-state index in [0.717, 1.165) is 38.5 Å². The number of aryl methyl sites for hydroxylation is 1. The van der Waals surface area contributed by atoms with E-state index in [1.807, 2.05) is 146 Å². The van der Waals surface area contributed by atoms with E-state index < -0.39 is 24.1 Å². The molecule has 8 aromatic rings. The van der Waals surface area contributed by atoms with Crippen molar-refractivity contribution in [1.29, 1.82) is 0 Å². The van der Waals surface area contributed by atoms with Gasteiger partial charge in [0.05, 0.1) is 18.7 Å². The maximum atomic E-state index is 14.6. The Morgan fingerprint density at radius 1 is 0.780 bits per heavy atom. The molecule has 0 radical (unpaired) electrons. The number of ether oxygens (including phenoxy) is 4. The lowest BCUT2D eigenvalue weighted by Crippen LogP contribution is -2.44. The summed E-state index contributed by atoms with van der Waals surface area (Å²) < 4.78 is 32.5. The van der Waals surface area contributed by atoms with Crippen LogP contribution >= 0.6 is 0 Å². The Kier molecular flexibility index (Phi) is 10.3. The number of benzene rings is 6. The van der Waals surface area contributed by atoms with E-state index in [9.17, 15) is 9.59 Å². The van der Waals surface area contributed by atoms with Gasteiger partial charge in [0, 0.05) is 34.0 Å². The second-order valence-corrected chi connectivity index (χ2v) is 14.5. The molecule has 1 saturated heterocycles. The molecule has 1 fully saturated rings. The number of cyclic esters (lactones) is 1. The van der Waals surface area contributed by atoms with Crippen LogP contribution in [0.25, 0.3) is 33.3 Å². The summed E-state index contributed by atoms with van der Waals surface area (Å²) in [6.07, 6.45) is -1.32. The number of imide groups is 1. The quantitative estimate of drug-likeness (QED) is 0.114. The summed E-state index contributed by atoms with van der Waals surface area (Å²) in [5.74, 6) is 2.46. The van der Waals surface area contributed by atoms with E-state index in [1.165, 1.54) is 4.90 Å². The van der Waals surface area contributed by atoms with Crippen molar-refractivity contribution in [2.75, 3.05) is 13.7 Å². The fourth-order valence-electron chi connectivity index (χ4n) is 7.77. The molecule has 3 heterocycles. The normalized spacial score (nSPS) is 14.4. The van der Waals surface area contributed by atoms with Gasteiger partial charge in [0.15, 0.2) is 11.5 Å². The van der Waals surface area contributed by atoms with Crippen molar-refractivity contribution in [2.24, 2.45) is 0 Å². The topological polar surface area (TPSA) is 105 Å². The maximum Gasteiger partial charge on any atom is 0.417 e. The minimum absolute atomic E-state index is 0.110. The molecule has 1 aliphatic rings. The predicted molar refractivity (Wildman–Crippen MR) is 224 cm³/mol. The van der Waals surface area contributed by atoms with Crippen LogP contribution in [0.2, 0.25) is 0 Å². The Bertz CT molecular complexity index is 2760. The van der Waals surface area contributed by atoms with Gasteiger partial charge in [-0.05, 0) is 66.9 Å². The van der Waals surface area contributed by atoms with Crippen molar-refractivity contribution < 1.29 is 33.0 Å². The largest absolute Gasteiger partial charge is 0.493 e. The van der Waals surface area contributed by atoms with E-state index in [2.05, 4.69) is 21.7 Å². The Hall–Kier alpha value is -7.33. The average Bonchev–Trinajstić information content (AvgIpc) is 3.95. The summed E-state index contributed by atoms with van der Waals surface area (Å²) in [4.78, 5) is 33.7. The highest BCUT2D eigenvalue weighted by molar-refractivity contribution is 6.11. The standard InChI is InChI=1S/C49H41N3O7/c1-32-39(50-47(58-32)36-19-10-5-11-20-36)31-56-42-26-25-34(28-44(42)55-2)29-51-40-22-13-12-21-38(40)45-41(51)23-14-24-43(45)59-46(35-17-8-4-9-18-35)48(53)52-37(30-57-49(52)54)27-33-15-6-3-7-16-33/h3-26,28,37,46H,27,29-31H2,1-2H3. The molecule has 10 nitrogen and oxygen atoms in total. The van der Waals surface area contributed by atoms with Gasteiger partial charge in [-0.25, -0.2) is 14.7 Å². The average molecular weight is 784 g/mol. The number of carbonyl (C=O) groups excluding carboxylic acids is 2. The molecule has 2 amide bonds. The summed E-state index contributed by atoms with van der Waals surface area (Å²) in [6.45, 7) is 2.71. The molecule has 0 bridgehead atoms. The van der Waals surface area contributed by atoms with Gasteiger partial charge in [-0.1, -0.05) is 109 Å². The molecule has 0 spiro atoms. The minimum Gasteiger partial charge on any atom is -0.493 e. The Labute approximate surface area is 341 Å². The highest BCUT2D eigenvalue weighted by Crippen LogP contribution is 2.39. The molecule has 2 unspecified atom stereocenters. The van der Waals surface area contributed by atoms with Crippen LogP contribution in [0, 0.1) is 6.92 Å². The molecule has 0 aliphatic carbocycles. The van der Waals surface area contributed by atoms with E-state index in [1.54, 1.807) is 7.11 Å². The molecule has 2 aromatic heterocycles. The predicted octanol–water partition coefficient (Wildman–Crippen LogP) is 10.1. The van der Waals surface area contributed by atoms with E-state index in [4.69, 9.17) is 23.4 Å². The zero-order chi connectivity index (χ0) is 40.3. The highest BCUT2D eigenvalue weighted by Gasteiger charge is 2.42. The fraction of sp³-hybridized carbons (Fsp3) is 0.163. The number of hydrogen-bond acceptors (Lipinski definition) is 8. The molecule has 59 heavy (non-hydrogen) atoms. The van der Waals surface area contributed by atoms with Crippen molar-refractivity contribution in [3.05, 3.63) is 180 Å². The lowest BCUT2D eigenvalue weighted by molar-refractivity contribution is -0.136. The second kappa shape index (κ2) is 16.3. The summed E-state index contributed by atoms with van der Waals surface area (Å²) in [5.41, 5.74) is 6.13. The van der Waals surface area contributed by atoms with Crippen LogP contribution in [0.15, 0.2) is 156 Å². The molecule has 10 heteroatoms. The van der Waals surface area contributed by atoms with Crippen LogP contribution in [-0.2, 0) is 29.1 Å². The van der Waals surface area contributed by atoms with Crippen molar-refractivity contribution >= 4 is 33.8 Å². The van der Waals surface area contributed by atoms with Gasteiger partial charge in [-0.3, -0.25) is 4.79 Å². The summed E-state index contributed by atoms with van der Waals surface area (Å²) in [7, 11) is 1.63. The smallest absolute Gasteiger partial charge is 0.417 e. The third-order valence-electron chi connectivity index (χ3n) is 10.7. The number of methoxy groups -OCH3 is 1. The molecule has 2 atom stereocenters. The third kappa shape index (κ3) is 7.48. The van der Waals surface area contributed by atoms with E-state index >= 15 is 0 Å². The first-order chi connectivity index (χ1) is 28.9. The zero-order valence-electron chi connectivity index (χ0n) is 32.6. The number of rotatable bonds is 13. The maximum absolute atomic E-state index is 14.6. The van der Waals surface area contributed by atoms with Crippen LogP contribution in [0.5, 0.6) is 17.2 Å². The molecule has 9 rings (SSSR count). The number of nitrogens with zero attached hydrogens (tertiary/aromatic N) is 3. The Morgan fingerprint density at radius 3 is 2.27 bits per heavy atom. The number of oxazole rings is 1. The number of para-hydroxylation sites is 1. The second-order valence-electron chi connectivity index (χ2n) is 14.5. The van der Waals surface area contributed by atoms with E-state index in [-0.39, 0.29) is 13.2 Å². The van der Waals surface area contributed by atoms with Crippen molar-refractivity contribution in [3.8, 4) is 28.7 Å². The Balaban J connectivity index is 1.01. The third-order valence-corrected chi connectivity index (χ3v) is 10.7. The first kappa shape index (κ1) is 37.3. The molecule has 0 N–H and O–H groups in total. The van der Waals surface area contributed by atoms with Crippen LogP contribution in [0.1, 0.15) is 34.2 Å². The first-order valence-corrected chi connectivity index (χ1v) is 19.5. The van der Waals surface area contributed by atoms with Gasteiger partial charge in [0.1, 0.15) is 30.4 Å². The molecule has 294 valence electrons. The molecule has 6 aromatic carbocycles. The number of amides is 2. The molecule has 1 aliphatic heterocycles. The SMILES string of the molecule is COc1cc(Cn2c3ccccc3c3c(OC(C(=O)N4C(=O)OCC4Cc4ccccc4)c4ccccc4)cccc32)ccc1OCc1nc(-c2ccccc2)oc1C. The van der Waals surface area contributed by atoms with Crippen molar-refractivity contribution in [1.82, 2.24) is 14.5 Å². The lowest BCUT2D eigenvalue weighted by Gasteiger charge is -2.26. The molecule has 0 saturated carbocycles. The van der Waals surface area contributed by atoms with Crippen LogP contribution in [0.3, 0.4) is 0 Å². The number of carbonyl (C=O) groups is 2. The molecular weight excluding hydrogens is 743 g/mol. The minimum atomic E-state index is -1.12. The monoisotopic (exact) mass is 783 g/mol. The number of aromatic nitrogens is 2. The number of hydrogen-bond donors (Lipinski definition) is 0. The van der Waals surface area contributed by atoms with Crippen LogP contribution in [0.4, 0.5) is 4.79 Å². The van der Waals surface area contributed by atoms with Gasteiger partial charge in [0.25, 0.3) is 5.91 Å². The number of fused-ring (bicyclic) bond motifs is 3. The zero-order valence-corrected chi connectivity index (χ0v) is 32.6. The van der Waals surface area contributed by atoms with Gasteiger partial charge >= 0.3 is 6.09 Å². The fourth-order valence-corrected chi connectivity index (χ4v) is 7.77. The van der Waals surface area contributed by atoms with Crippen molar-refractivity contribution in [3.63, 3.8) is 0 Å². The summed E-state index contributed by atoms with van der Waals surface area (Å²) in [6, 6.07) is 48.3. The van der Waals surface area contributed by atoms with Gasteiger partial charge < -0.3 is 27.9 Å². The highest BCUT2D eigenvalue weighted by atomic mass is 16.6.